The first-order valence-electron chi connectivity index (χ1n) is 10.7. The number of ketones is 1. The Kier molecular flexibility index (Phi) is 5.86. The van der Waals surface area contributed by atoms with Crippen molar-refractivity contribution in [1.82, 2.24) is 35.3 Å². The maximum atomic E-state index is 14.3. The molecule has 33 heavy (non-hydrogen) atoms. The van der Waals surface area contributed by atoms with Crippen molar-refractivity contribution in [2.75, 3.05) is 11.9 Å². The molecule has 11 heteroatoms. The Morgan fingerprint density at radius 3 is 2.79 bits per heavy atom. The first-order chi connectivity index (χ1) is 16.1. The van der Waals surface area contributed by atoms with Crippen molar-refractivity contribution < 1.29 is 9.18 Å². The zero-order valence-corrected chi connectivity index (χ0v) is 18.5. The largest absolute Gasteiger partial charge is 0.368 e. The minimum Gasteiger partial charge on any atom is -0.368 e. The summed E-state index contributed by atoms with van der Waals surface area (Å²) in [6.07, 6.45) is 8.43. The highest BCUT2D eigenvalue weighted by Gasteiger charge is 2.41. The van der Waals surface area contributed by atoms with Gasteiger partial charge in [-0.05, 0) is 43.5 Å². The molecule has 5 rings (SSSR count). The molecule has 0 amide bonds. The molecule has 4 aromatic rings. The van der Waals surface area contributed by atoms with E-state index in [1.165, 1.54) is 23.7 Å². The summed E-state index contributed by atoms with van der Waals surface area (Å²) in [6.45, 7) is 0.551. The number of carbonyl (C=O) groups is 1. The third kappa shape index (κ3) is 4.49. The normalized spacial score (nSPS) is 14.6. The number of carbonyl (C=O) groups excluding carboxylic acids is 1. The Morgan fingerprint density at radius 1 is 1.18 bits per heavy atom. The summed E-state index contributed by atoms with van der Waals surface area (Å²) in [5, 5.41) is 18.9. The lowest BCUT2D eigenvalue weighted by Crippen LogP contribution is -2.42. The van der Waals surface area contributed by atoms with Crippen LogP contribution in [0.1, 0.15) is 46.9 Å². The maximum absolute atomic E-state index is 14.3. The Hall–Kier alpha value is -3.60. The number of Topliss-reactive ketones (excluding diaryl/α,β-unsaturated/α-hetero) is 1. The Balaban J connectivity index is 1.20. The number of pyridine rings is 1. The van der Waals surface area contributed by atoms with Crippen LogP contribution in [0.2, 0.25) is 0 Å². The van der Waals surface area contributed by atoms with Crippen molar-refractivity contribution in [3.63, 3.8) is 0 Å². The third-order valence-electron chi connectivity index (χ3n) is 5.89. The molecule has 1 fully saturated rings. The molecule has 0 aromatic carbocycles. The highest BCUT2D eigenvalue weighted by atomic mass is 32.1. The molecule has 0 saturated heterocycles. The van der Waals surface area contributed by atoms with Crippen LogP contribution in [0.15, 0.2) is 43.0 Å². The van der Waals surface area contributed by atoms with Crippen LogP contribution in [-0.4, -0.2) is 47.7 Å². The number of aromatic nitrogens is 7. The monoisotopic (exact) mass is 464 g/mol. The van der Waals surface area contributed by atoms with Crippen molar-refractivity contribution in [2.24, 2.45) is 0 Å². The minimum atomic E-state index is -0.307. The lowest BCUT2D eigenvalue weighted by atomic mass is 9.66. The van der Waals surface area contributed by atoms with E-state index in [4.69, 9.17) is 0 Å². The number of hydrogen-bond donors (Lipinski definition) is 2. The van der Waals surface area contributed by atoms with Crippen LogP contribution in [0, 0.1) is 5.82 Å². The van der Waals surface area contributed by atoms with E-state index in [1.54, 1.807) is 18.5 Å². The Labute approximate surface area is 192 Å². The molecule has 4 aromatic heterocycles. The molecule has 0 bridgehead atoms. The lowest BCUT2D eigenvalue weighted by Gasteiger charge is -2.41. The van der Waals surface area contributed by atoms with Gasteiger partial charge in [0.15, 0.2) is 11.6 Å². The molecule has 0 unspecified atom stereocenters. The van der Waals surface area contributed by atoms with Crippen LogP contribution in [-0.2, 0) is 11.8 Å². The third-order valence-corrected chi connectivity index (χ3v) is 6.97. The predicted octanol–water partition coefficient (Wildman–Crippen LogP) is 3.60. The zero-order chi connectivity index (χ0) is 22.7. The van der Waals surface area contributed by atoms with Gasteiger partial charge in [-0.2, -0.15) is 5.10 Å². The van der Waals surface area contributed by atoms with Gasteiger partial charge in [-0.25, -0.2) is 14.4 Å². The molecule has 1 aliphatic carbocycles. The summed E-state index contributed by atoms with van der Waals surface area (Å²) in [5.41, 5.74) is 0.872. The van der Waals surface area contributed by atoms with Gasteiger partial charge in [0.2, 0.25) is 0 Å². The molecular formula is C22H21FN8OS. The van der Waals surface area contributed by atoms with Gasteiger partial charge >= 0.3 is 0 Å². The van der Waals surface area contributed by atoms with E-state index in [0.29, 0.717) is 36.6 Å². The molecule has 1 saturated carbocycles. The number of aromatic amines is 1. The van der Waals surface area contributed by atoms with Crippen LogP contribution >= 0.6 is 11.3 Å². The number of hydrogen-bond acceptors (Lipinski definition) is 9. The summed E-state index contributed by atoms with van der Waals surface area (Å²) in [4.78, 5) is 25.6. The van der Waals surface area contributed by atoms with Crippen LogP contribution in [0.4, 0.5) is 10.2 Å². The number of aryl methyl sites for hydroxylation is 1. The fraction of sp³-hybridized carbons (Fsp3) is 0.318. The Bertz CT molecular complexity index is 1240. The summed E-state index contributed by atoms with van der Waals surface area (Å²) in [7, 11) is 0. The molecule has 2 N–H and O–H groups in total. The fourth-order valence-corrected chi connectivity index (χ4v) is 4.79. The van der Waals surface area contributed by atoms with Crippen molar-refractivity contribution >= 4 is 22.9 Å². The van der Waals surface area contributed by atoms with Gasteiger partial charge in [0, 0.05) is 35.7 Å². The van der Waals surface area contributed by atoms with Gasteiger partial charge < -0.3 is 5.32 Å². The lowest BCUT2D eigenvalue weighted by molar-refractivity contribution is 0.0973. The number of nitrogens with one attached hydrogen (secondary N) is 2. The highest BCUT2D eigenvalue weighted by Crippen LogP contribution is 2.43. The predicted molar refractivity (Wildman–Crippen MR) is 120 cm³/mol. The van der Waals surface area contributed by atoms with Gasteiger partial charge in [0.25, 0.3) is 0 Å². The van der Waals surface area contributed by atoms with Crippen molar-refractivity contribution in [3.8, 4) is 10.7 Å². The molecular weight excluding hydrogens is 443 g/mol. The number of thiazole rings is 1. The summed E-state index contributed by atoms with van der Waals surface area (Å²) in [5.74, 6) is 0.536. The minimum absolute atomic E-state index is 0.0903. The van der Waals surface area contributed by atoms with E-state index in [0.717, 1.165) is 29.1 Å². The second-order valence-corrected chi connectivity index (χ2v) is 9.13. The van der Waals surface area contributed by atoms with E-state index in [9.17, 15) is 9.18 Å². The van der Waals surface area contributed by atoms with Gasteiger partial charge in [0.05, 0.1) is 5.69 Å². The number of nitrogens with zero attached hydrogens (tertiary/aromatic N) is 6. The smallest absolute Gasteiger partial charge is 0.199 e. The average Bonchev–Trinajstić information content (AvgIpc) is 3.51. The Morgan fingerprint density at radius 2 is 2.09 bits per heavy atom. The number of anilines is 1. The fourth-order valence-electron chi connectivity index (χ4n) is 3.91. The van der Waals surface area contributed by atoms with E-state index in [2.05, 4.69) is 40.7 Å². The van der Waals surface area contributed by atoms with Crippen LogP contribution < -0.4 is 5.32 Å². The van der Waals surface area contributed by atoms with E-state index in [-0.39, 0.29) is 22.8 Å². The van der Waals surface area contributed by atoms with Gasteiger partial charge in [-0.1, -0.05) is 6.42 Å². The number of H-pyrrole nitrogens is 1. The molecule has 0 atom stereocenters. The number of rotatable bonds is 9. The second-order valence-electron chi connectivity index (χ2n) is 8.01. The maximum Gasteiger partial charge on any atom is 0.199 e. The standard InChI is InChI=1S/C22H21FN8OS/c23-15-3-1-10-24-19(15)22(8-2-9-22)12-26-18-7-5-16(29-30-18)21-25-11-14(33-21)4-6-17(32)20-27-13-28-31-20/h1,3,5,7,10-11,13H,2,4,6,8-9,12H2,(H,26,30)(H,27,28,31). The first kappa shape index (κ1) is 21.3. The van der Waals surface area contributed by atoms with E-state index in [1.807, 2.05) is 12.1 Å². The molecule has 0 aliphatic heterocycles. The summed E-state index contributed by atoms with van der Waals surface area (Å²) < 4.78 is 14.3. The molecule has 0 radical (unpaired) electrons. The SMILES string of the molecule is O=C(CCc1cnc(-c2ccc(NCC3(c4ncccc4F)CCC3)nn2)s1)c1ncn[nH]1. The van der Waals surface area contributed by atoms with Crippen molar-refractivity contribution in [1.29, 1.82) is 0 Å². The molecule has 168 valence electrons. The van der Waals surface area contributed by atoms with Gasteiger partial charge in [-0.15, -0.1) is 21.5 Å². The van der Waals surface area contributed by atoms with Crippen LogP contribution in [0.25, 0.3) is 10.7 Å². The van der Waals surface area contributed by atoms with Crippen molar-refractivity contribution in [2.45, 2.75) is 37.5 Å². The second kappa shape index (κ2) is 9.10. The van der Waals surface area contributed by atoms with Crippen molar-refractivity contribution in [3.05, 3.63) is 65.2 Å². The quantitative estimate of drug-likeness (QED) is 0.360. The van der Waals surface area contributed by atoms with E-state index < -0.39 is 0 Å². The van der Waals surface area contributed by atoms with Crippen LogP contribution in [0.5, 0.6) is 0 Å². The summed E-state index contributed by atoms with van der Waals surface area (Å²) >= 11 is 1.48. The summed E-state index contributed by atoms with van der Waals surface area (Å²) in [6, 6.07) is 6.77. The van der Waals surface area contributed by atoms with E-state index >= 15 is 0 Å². The molecule has 4 heterocycles. The first-order valence-corrected chi connectivity index (χ1v) is 11.5. The van der Waals surface area contributed by atoms with Gasteiger partial charge in [0.1, 0.15) is 28.7 Å². The topological polar surface area (TPSA) is 122 Å². The number of halogens is 1. The molecule has 9 nitrogen and oxygen atoms in total. The highest BCUT2D eigenvalue weighted by molar-refractivity contribution is 7.15. The van der Waals surface area contributed by atoms with Gasteiger partial charge in [-0.3, -0.25) is 14.9 Å². The zero-order valence-electron chi connectivity index (χ0n) is 17.7. The molecule has 1 aliphatic rings. The average molecular weight is 465 g/mol. The molecule has 0 spiro atoms. The van der Waals surface area contributed by atoms with Crippen LogP contribution in [0.3, 0.4) is 0 Å².